The molecule has 1 saturated heterocycles. The molecule has 0 unspecified atom stereocenters. The lowest BCUT2D eigenvalue weighted by Gasteiger charge is -2.21. The fourth-order valence-electron chi connectivity index (χ4n) is 1.15. The number of hydrogen-bond donors (Lipinski definition) is 0. The van der Waals surface area contributed by atoms with Gasteiger partial charge in [-0.25, -0.2) is 0 Å². The highest BCUT2D eigenvalue weighted by Crippen LogP contribution is 2.19. The smallest absolute Gasteiger partial charge is 0.0590 e. The number of ether oxygens (including phenoxy) is 1. The lowest BCUT2D eigenvalue weighted by Crippen LogP contribution is -2.19. The van der Waals surface area contributed by atoms with Crippen molar-refractivity contribution in [2.75, 3.05) is 24.0 Å². The first-order chi connectivity index (χ1) is 5.43. The Hall–Kier alpha value is 0.600. The second kappa shape index (κ2) is 6.15. The monoisotopic (exact) mass is 194 g/mol. The molecule has 0 saturated carbocycles. The Morgan fingerprint density at radius 2 is 2.09 bits per heavy atom. The largest absolute Gasteiger partial charge is 0.378 e. The second-order valence-electron chi connectivity index (χ2n) is 2.73. The number of hydrogen-bond acceptors (Lipinski definition) is 2. The quantitative estimate of drug-likeness (QED) is 0.503. The van der Waals surface area contributed by atoms with Crippen LogP contribution < -0.4 is 0 Å². The van der Waals surface area contributed by atoms with Crippen molar-refractivity contribution in [1.29, 1.82) is 0 Å². The summed E-state index contributed by atoms with van der Waals surface area (Å²) in [6.07, 6.45) is 3.98. The summed E-state index contributed by atoms with van der Waals surface area (Å²) < 4.78 is 5.63. The van der Waals surface area contributed by atoms with Crippen LogP contribution in [-0.4, -0.2) is 30.1 Å². The standard InChI is InChI=1S/C8H15ClOS/c9-4-1-5-10-8-2-6-11-7-3-8/h8H,1-7H2. The van der Waals surface area contributed by atoms with Gasteiger partial charge in [-0.15, -0.1) is 11.6 Å². The van der Waals surface area contributed by atoms with E-state index in [1.807, 2.05) is 11.8 Å². The summed E-state index contributed by atoms with van der Waals surface area (Å²) in [5, 5.41) is 0. The van der Waals surface area contributed by atoms with Crippen molar-refractivity contribution in [3.63, 3.8) is 0 Å². The summed E-state index contributed by atoms with van der Waals surface area (Å²) in [6, 6.07) is 0. The van der Waals surface area contributed by atoms with Crippen LogP contribution in [0.5, 0.6) is 0 Å². The number of alkyl halides is 1. The molecule has 0 spiro atoms. The van der Waals surface area contributed by atoms with E-state index < -0.39 is 0 Å². The van der Waals surface area contributed by atoms with E-state index in [4.69, 9.17) is 16.3 Å². The van der Waals surface area contributed by atoms with Gasteiger partial charge >= 0.3 is 0 Å². The van der Waals surface area contributed by atoms with E-state index >= 15 is 0 Å². The van der Waals surface area contributed by atoms with Crippen molar-refractivity contribution in [3.05, 3.63) is 0 Å². The van der Waals surface area contributed by atoms with Gasteiger partial charge in [0.25, 0.3) is 0 Å². The zero-order chi connectivity index (χ0) is 7.94. The molecular formula is C8H15ClOS. The average Bonchev–Trinajstić information content (AvgIpc) is 2.07. The van der Waals surface area contributed by atoms with Crippen molar-refractivity contribution in [1.82, 2.24) is 0 Å². The van der Waals surface area contributed by atoms with Gasteiger partial charge in [0.15, 0.2) is 0 Å². The highest BCUT2D eigenvalue weighted by molar-refractivity contribution is 7.99. The topological polar surface area (TPSA) is 9.23 Å². The van der Waals surface area contributed by atoms with Crippen LogP contribution in [-0.2, 0) is 4.74 Å². The van der Waals surface area contributed by atoms with E-state index in [0.29, 0.717) is 6.10 Å². The first-order valence-corrected chi connectivity index (χ1v) is 5.87. The SMILES string of the molecule is ClCCCOC1CCSCC1. The van der Waals surface area contributed by atoms with E-state index in [0.717, 1.165) is 18.9 Å². The normalized spacial score (nSPS) is 20.5. The predicted molar refractivity (Wildman–Crippen MR) is 51.6 cm³/mol. The van der Waals surface area contributed by atoms with Crippen LogP contribution in [0.2, 0.25) is 0 Å². The Bertz CT molecular complexity index is 94.1. The van der Waals surface area contributed by atoms with E-state index in [-0.39, 0.29) is 0 Å². The van der Waals surface area contributed by atoms with Gasteiger partial charge in [-0.1, -0.05) is 0 Å². The fourth-order valence-corrected chi connectivity index (χ4v) is 2.32. The van der Waals surface area contributed by atoms with Crippen LogP contribution in [0.25, 0.3) is 0 Å². The van der Waals surface area contributed by atoms with Crippen LogP contribution in [0.4, 0.5) is 0 Å². The molecule has 0 bridgehead atoms. The fraction of sp³-hybridized carbons (Fsp3) is 1.00. The molecule has 11 heavy (non-hydrogen) atoms. The van der Waals surface area contributed by atoms with Gasteiger partial charge in [0, 0.05) is 12.5 Å². The van der Waals surface area contributed by atoms with Crippen LogP contribution in [0.1, 0.15) is 19.3 Å². The Morgan fingerprint density at radius 1 is 1.36 bits per heavy atom. The third-order valence-corrected chi connectivity index (χ3v) is 3.12. The zero-order valence-electron chi connectivity index (χ0n) is 6.72. The molecular weight excluding hydrogens is 180 g/mol. The second-order valence-corrected chi connectivity index (χ2v) is 4.33. The van der Waals surface area contributed by atoms with Crippen LogP contribution in [0, 0.1) is 0 Å². The lowest BCUT2D eigenvalue weighted by atomic mass is 10.2. The van der Waals surface area contributed by atoms with Crippen molar-refractivity contribution >= 4 is 23.4 Å². The van der Waals surface area contributed by atoms with Crippen LogP contribution >= 0.6 is 23.4 Å². The first kappa shape index (κ1) is 9.69. The predicted octanol–water partition coefficient (Wildman–Crippen LogP) is 2.53. The molecule has 1 heterocycles. The maximum absolute atomic E-state index is 5.63. The van der Waals surface area contributed by atoms with Gasteiger partial charge in [0.05, 0.1) is 6.10 Å². The highest BCUT2D eigenvalue weighted by atomic mass is 35.5. The summed E-state index contributed by atoms with van der Waals surface area (Å²) in [6.45, 7) is 0.846. The first-order valence-electron chi connectivity index (χ1n) is 4.19. The molecule has 0 amide bonds. The minimum Gasteiger partial charge on any atom is -0.378 e. The third-order valence-electron chi connectivity index (χ3n) is 1.80. The van der Waals surface area contributed by atoms with Crippen molar-refractivity contribution in [2.24, 2.45) is 0 Å². The van der Waals surface area contributed by atoms with Gasteiger partial charge < -0.3 is 4.74 Å². The molecule has 0 aliphatic carbocycles. The molecule has 0 aromatic carbocycles. The maximum Gasteiger partial charge on any atom is 0.0590 e. The van der Waals surface area contributed by atoms with Gasteiger partial charge in [0.2, 0.25) is 0 Å². The minimum atomic E-state index is 0.527. The Morgan fingerprint density at radius 3 is 2.73 bits per heavy atom. The summed E-state index contributed by atoms with van der Waals surface area (Å²) in [5.74, 6) is 3.26. The van der Waals surface area contributed by atoms with Gasteiger partial charge in [-0.05, 0) is 30.8 Å². The molecule has 1 nitrogen and oxygen atoms in total. The molecule has 1 fully saturated rings. The Labute approximate surface area is 77.8 Å². The Kier molecular flexibility index (Phi) is 5.42. The van der Waals surface area contributed by atoms with E-state index in [9.17, 15) is 0 Å². The molecule has 0 aromatic rings. The molecule has 1 rings (SSSR count). The Balaban J connectivity index is 1.96. The summed E-state index contributed by atoms with van der Waals surface area (Å²) in [4.78, 5) is 0. The molecule has 0 aromatic heterocycles. The molecule has 0 atom stereocenters. The molecule has 0 N–H and O–H groups in total. The van der Waals surface area contributed by atoms with E-state index in [2.05, 4.69) is 0 Å². The molecule has 66 valence electrons. The maximum atomic E-state index is 5.63. The highest BCUT2D eigenvalue weighted by Gasteiger charge is 2.12. The number of halogens is 1. The number of rotatable bonds is 4. The van der Waals surface area contributed by atoms with Gasteiger partial charge in [-0.2, -0.15) is 11.8 Å². The van der Waals surface area contributed by atoms with Crippen molar-refractivity contribution in [3.8, 4) is 0 Å². The summed E-state index contributed by atoms with van der Waals surface area (Å²) in [7, 11) is 0. The van der Waals surface area contributed by atoms with Crippen LogP contribution in [0.15, 0.2) is 0 Å². The molecule has 1 aliphatic heterocycles. The van der Waals surface area contributed by atoms with Gasteiger partial charge in [-0.3, -0.25) is 0 Å². The van der Waals surface area contributed by atoms with E-state index in [1.165, 1.54) is 24.3 Å². The summed E-state index contributed by atoms with van der Waals surface area (Å²) in [5.41, 5.74) is 0. The minimum absolute atomic E-state index is 0.527. The molecule has 0 radical (unpaired) electrons. The zero-order valence-corrected chi connectivity index (χ0v) is 8.29. The lowest BCUT2D eigenvalue weighted by molar-refractivity contribution is 0.0489. The van der Waals surface area contributed by atoms with Crippen molar-refractivity contribution in [2.45, 2.75) is 25.4 Å². The average molecular weight is 195 g/mol. The van der Waals surface area contributed by atoms with Crippen molar-refractivity contribution < 1.29 is 4.74 Å². The molecule has 3 heteroatoms. The summed E-state index contributed by atoms with van der Waals surface area (Å²) >= 11 is 7.57. The van der Waals surface area contributed by atoms with Crippen LogP contribution in [0.3, 0.4) is 0 Å². The molecule has 1 aliphatic rings. The van der Waals surface area contributed by atoms with Gasteiger partial charge in [0.1, 0.15) is 0 Å². The third kappa shape index (κ3) is 4.24. The van der Waals surface area contributed by atoms with E-state index in [1.54, 1.807) is 0 Å². The number of thioether (sulfide) groups is 1.